The Kier molecular flexibility index (Phi) is 5.06. The molecule has 0 atom stereocenters. The van der Waals surface area contributed by atoms with E-state index in [2.05, 4.69) is 22.9 Å². The molecule has 0 bridgehead atoms. The van der Waals surface area contributed by atoms with Gasteiger partial charge in [-0.3, -0.25) is 10.3 Å². The smallest absolute Gasteiger partial charge is 0.183 e. The van der Waals surface area contributed by atoms with Crippen molar-refractivity contribution in [3.63, 3.8) is 0 Å². The van der Waals surface area contributed by atoms with Gasteiger partial charge in [-0.05, 0) is 5.56 Å². The third kappa shape index (κ3) is 4.89. The standard InChI is InChI=1S/C11H11N3S/c12-9-14-11(15)13-8-4-7-10-5-2-1-3-6-10/h1-7H,8H2,(H2,13,14,15)/b7-4+. The van der Waals surface area contributed by atoms with Crippen LogP contribution >= 0.6 is 12.6 Å². The summed E-state index contributed by atoms with van der Waals surface area (Å²) in [5.74, 6) is 0. The monoisotopic (exact) mass is 217 g/mol. The zero-order valence-corrected chi connectivity index (χ0v) is 8.98. The van der Waals surface area contributed by atoms with Crippen molar-refractivity contribution >= 4 is 23.9 Å². The Morgan fingerprint density at radius 3 is 2.87 bits per heavy atom. The number of nitrogens with one attached hydrogen (secondary N) is 1. The van der Waals surface area contributed by atoms with E-state index in [0.717, 1.165) is 5.56 Å². The van der Waals surface area contributed by atoms with Gasteiger partial charge >= 0.3 is 0 Å². The normalized spacial score (nSPS) is 11.3. The Labute approximate surface area is 94.6 Å². The van der Waals surface area contributed by atoms with Crippen LogP contribution < -0.4 is 5.32 Å². The summed E-state index contributed by atoms with van der Waals surface area (Å²) in [6.45, 7) is 0.502. The van der Waals surface area contributed by atoms with Crippen molar-refractivity contribution in [3.8, 4) is 6.19 Å². The molecule has 0 heterocycles. The van der Waals surface area contributed by atoms with Crippen LogP contribution in [0.15, 0.2) is 41.4 Å². The van der Waals surface area contributed by atoms with E-state index in [1.54, 1.807) is 6.19 Å². The second kappa shape index (κ2) is 6.68. The number of nitriles is 1. The van der Waals surface area contributed by atoms with Crippen molar-refractivity contribution < 1.29 is 0 Å². The summed E-state index contributed by atoms with van der Waals surface area (Å²) in [5, 5.41) is 10.9. The Morgan fingerprint density at radius 1 is 1.47 bits per heavy atom. The fourth-order valence-corrected chi connectivity index (χ4v) is 1.11. The van der Waals surface area contributed by atoms with Gasteiger partial charge in [-0.1, -0.05) is 42.5 Å². The minimum absolute atomic E-state index is 0.329. The van der Waals surface area contributed by atoms with Gasteiger partial charge in [0.05, 0.1) is 6.54 Å². The van der Waals surface area contributed by atoms with Gasteiger partial charge in [-0.2, -0.15) is 5.26 Å². The van der Waals surface area contributed by atoms with Gasteiger partial charge in [0.2, 0.25) is 0 Å². The molecule has 0 unspecified atom stereocenters. The van der Waals surface area contributed by atoms with E-state index in [-0.39, 0.29) is 0 Å². The maximum Gasteiger partial charge on any atom is 0.183 e. The Hall–Kier alpha value is -1.73. The average molecular weight is 217 g/mol. The number of hydrogen-bond donors (Lipinski definition) is 2. The highest BCUT2D eigenvalue weighted by molar-refractivity contribution is 7.96. The molecule has 0 aliphatic carbocycles. The van der Waals surface area contributed by atoms with E-state index in [9.17, 15) is 0 Å². The summed E-state index contributed by atoms with van der Waals surface area (Å²) >= 11 is 3.95. The predicted octanol–water partition coefficient (Wildman–Crippen LogP) is 2.06. The molecule has 1 aromatic rings. The number of nitrogens with zero attached hydrogens (tertiary/aromatic N) is 2. The molecule has 1 N–H and O–H groups in total. The minimum atomic E-state index is 0.329. The van der Waals surface area contributed by atoms with E-state index in [4.69, 9.17) is 5.26 Å². The van der Waals surface area contributed by atoms with E-state index in [1.807, 2.05) is 42.5 Å². The van der Waals surface area contributed by atoms with Crippen molar-refractivity contribution in [2.45, 2.75) is 0 Å². The molecule has 0 saturated carbocycles. The molecule has 76 valence electrons. The zero-order chi connectivity index (χ0) is 10.9. The molecule has 0 fully saturated rings. The lowest BCUT2D eigenvalue weighted by atomic mass is 10.2. The fourth-order valence-electron chi connectivity index (χ4n) is 0.982. The van der Waals surface area contributed by atoms with Crippen LogP contribution in [0.4, 0.5) is 0 Å². The summed E-state index contributed by atoms with van der Waals surface area (Å²) in [5.41, 5.74) is 1.13. The molecule has 1 aromatic carbocycles. The van der Waals surface area contributed by atoms with Gasteiger partial charge in [0, 0.05) is 0 Å². The topological polar surface area (TPSA) is 48.2 Å². The predicted molar refractivity (Wildman–Crippen MR) is 65.5 cm³/mol. The van der Waals surface area contributed by atoms with Crippen molar-refractivity contribution in [1.82, 2.24) is 5.32 Å². The first-order valence-corrected chi connectivity index (χ1v) is 4.88. The molecular formula is C11H11N3S. The fraction of sp³-hybridized carbons (Fsp3) is 0.0909. The quantitative estimate of drug-likeness (QED) is 0.268. The van der Waals surface area contributed by atoms with Gasteiger partial charge in [0.25, 0.3) is 0 Å². The maximum atomic E-state index is 8.26. The number of hydrogen-bond acceptors (Lipinski definition) is 2. The lowest BCUT2D eigenvalue weighted by Crippen LogP contribution is -2.10. The number of benzene rings is 1. The maximum absolute atomic E-state index is 8.26. The first-order valence-electron chi connectivity index (χ1n) is 4.43. The first kappa shape index (κ1) is 11.3. The molecule has 0 spiro atoms. The molecule has 0 aromatic heterocycles. The highest BCUT2D eigenvalue weighted by atomic mass is 32.1. The summed E-state index contributed by atoms with van der Waals surface area (Å²) in [4.78, 5) is 3.99. The Bertz CT molecular complexity index is 390. The van der Waals surface area contributed by atoms with Crippen LogP contribution in [-0.2, 0) is 0 Å². The molecule has 0 amide bonds. The molecule has 0 radical (unpaired) electrons. The van der Waals surface area contributed by atoms with E-state index < -0.39 is 0 Å². The first-order chi connectivity index (χ1) is 7.33. The lowest BCUT2D eigenvalue weighted by molar-refractivity contribution is 1.20. The van der Waals surface area contributed by atoms with Crippen LogP contribution in [0.25, 0.3) is 6.08 Å². The van der Waals surface area contributed by atoms with Gasteiger partial charge in [-0.15, -0.1) is 12.6 Å². The van der Waals surface area contributed by atoms with Crippen molar-refractivity contribution in [1.29, 1.82) is 5.26 Å². The number of rotatable bonds is 3. The second-order valence-corrected chi connectivity index (χ2v) is 3.14. The Balaban J connectivity index is 2.42. The van der Waals surface area contributed by atoms with Gasteiger partial charge in [0.1, 0.15) is 0 Å². The van der Waals surface area contributed by atoms with E-state index >= 15 is 0 Å². The van der Waals surface area contributed by atoms with Crippen LogP contribution in [0.3, 0.4) is 0 Å². The number of amidine groups is 1. The third-order valence-electron chi connectivity index (χ3n) is 1.62. The highest BCUT2D eigenvalue weighted by Gasteiger charge is 1.85. The summed E-state index contributed by atoms with van der Waals surface area (Å²) in [6.07, 6.45) is 5.62. The van der Waals surface area contributed by atoms with Crippen LogP contribution in [0.1, 0.15) is 5.56 Å². The van der Waals surface area contributed by atoms with Crippen molar-refractivity contribution in [2.75, 3.05) is 6.54 Å². The highest BCUT2D eigenvalue weighted by Crippen LogP contribution is 2.00. The molecule has 3 nitrogen and oxygen atoms in total. The second-order valence-electron chi connectivity index (χ2n) is 2.71. The lowest BCUT2D eigenvalue weighted by Gasteiger charge is -1.92. The van der Waals surface area contributed by atoms with Crippen molar-refractivity contribution in [2.24, 2.45) is 4.99 Å². The molecule has 4 heteroatoms. The zero-order valence-electron chi connectivity index (χ0n) is 8.09. The molecule has 1 rings (SSSR count). The largest absolute Gasteiger partial charge is 0.272 e. The molecule has 0 saturated heterocycles. The molecule has 15 heavy (non-hydrogen) atoms. The van der Waals surface area contributed by atoms with E-state index in [1.165, 1.54) is 0 Å². The van der Waals surface area contributed by atoms with Crippen LogP contribution in [-0.4, -0.2) is 11.7 Å². The van der Waals surface area contributed by atoms with Gasteiger partial charge in [0.15, 0.2) is 11.4 Å². The minimum Gasteiger partial charge on any atom is -0.272 e. The molecule has 0 aliphatic rings. The van der Waals surface area contributed by atoms with Crippen LogP contribution in [0.5, 0.6) is 0 Å². The average Bonchev–Trinajstić information content (AvgIpc) is 2.26. The molecular weight excluding hydrogens is 206 g/mol. The van der Waals surface area contributed by atoms with Crippen LogP contribution in [0.2, 0.25) is 0 Å². The number of thiol groups is 1. The summed E-state index contributed by atoms with van der Waals surface area (Å²) in [7, 11) is 0. The summed E-state index contributed by atoms with van der Waals surface area (Å²) < 4.78 is 0. The van der Waals surface area contributed by atoms with Crippen molar-refractivity contribution in [3.05, 3.63) is 42.0 Å². The molecule has 0 aliphatic heterocycles. The summed E-state index contributed by atoms with van der Waals surface area (Å²) in [6, 6.07) is 9.94. The van der Waals surface area contributed by atoms with Gasteiger partial charge < -0.3 is 0 Å². The third-order valence-corrected chi connectivity index (χ3v) is 1.88. The Morgan fingerprint density at radius 2 is 2.20 bits per heavy atom. The SMILES string of the molecule is N#CN/C(S)=N/C/C=C/c1ccccc1. The van der Waals surface area contributed by atoms with Crippen LogP contribution in [0, 0.1) is 11.5 Å². The van der Waals surface area contributed by atoms with E-state index in [0.29, 0.717) is 11.7 Å². The number of aliphatic imine (C=N–C) groups is 1. The van der Waals surface area contributed by atoms with Gasteiger partial charge in [-0.25, -0.2) is 0 Å².